The number of amides is 1. The van der Waals surface area contributed by atoms with Gasteiger partial charge in [-0.25, -0.2) is 0 Å². The second-order valence-electron chi connectivity index (χ2n) is 6.84. The van der Waals surface area contributed by atoms with Crippen LogP contribution in [0.3, 0.4) is 0 Å². The number of methoxy groups -OCH3 is 2. The molecule has 152 valence electrons. The van der Waals surface area contributed by atoms with Gasteiger partial charge >= 0.3 is 5.97 Å². The standard InChI is InChI=1S/C22H23NO6/c1-14-4-9-20(28-3)18(10-14)23-12-16(11-21(23)25)22(26)29-13-19(24)15-5-7-17(27-2)8-6-15/h4-10,16H,11-13H2,1-3H3/t16-/m1/s1. The van der Waals surface area contributed by atoms with Crippen LogP contribution in [-0.2, 0) is 14.3 Å². The van der Waals surface area contributed by atoms with Gasteiger partial charge in [0, 0.05) is 18.5 Å². The lowest BCUT2D eigenvalue weighted by Gasteiger charge is -2.20. The van der Waals surface area contributed by atoms with Gasteiger partial charge < -0.3 is 19.1 Å². The number of Topliss-reactive ketones (excluding diaryl/α,β-unsaturated/α-hetero) is 1. The van der Waals surface area contributed by atoms with E-state index in [4.69, 9.17) is 14.2 Å². The maximum atomic E-state index is 12.5. The van der Waals surface area contributed by atoms with E-state index in [1.807, 2.05) is 19.1 Å². The van der Waals surface area contributed by atoms with Gasteiger partial charge in [0.25, 0.3) is 0 Å². The smallest absolute Gasteiger partial charge is 0.311 e. The number of carbonyl (C=O) groups is 3. The number of rotatable bonds is 7. The van der Waals surface area contributed by atoms with E-state index in [9.17, 15) is 14.4 Å². The molecule has 1 saturated heterocycles. The van der Waals surface area contributed by atoms with Crippen LogP contribution in [0.5, 0.6) is 11.5 Å². The third kappa shape index (κ3) is 4.56. The molecule has 0 aromatic heterocycles. The average Bonchev–Trinajstić information content (AvgIpc) is 3.13. The first kappa shape index (κ1) is 20.4. The number of anilines is 1. The largest absolute Gasteiger partial charge is 0.497 e. The quantitative estimate of drug-likeness (QED) is 0.528. The third-order valence-electron chi connectivity index (χ3n) is 4.84. The van der Waals surface area contributed by atoms with Crippen LogP contribution in [0.25, 0.3) is 0 Å². The van der Waals surface area contributed by atoms with Crippen molar-refractivity contribution >= 4 is 23.3 Å². The molecule has 0 aliphatic carbocycles. The van der Waals surface area contributed by atoms with Crippen LogP contribution in [0.2, 0.25) is 0 Å². The van der Waals surface area contributed by atoms with Crippen molar-refractivity contribution in [1.82, 2.24) is 0 Å². The monoisotopic (exact) mass is 397 g/mol. The summed E-state index contributed by atoms with van der Waals surface area (Å²) < 4.78 is 15.6. The van der Waals surface area contributed by atoms with Gasteiger partial charge in [0.2, 0.25) is 5.91 Å². The zero-order valence-electron chi connectivity index (χ0n) is 16.6. The number of hydrogen-bond acceptors (Lipinski definition) is 6. The van der Waals surface area contributed by atoms with Gasteiger partial charge in [0.05, 0.1) is 25.8 Å². The number of carbonyl (C=O) groups excluding carboxylic acids is 3. The Bertz CT molecular complexity index is 921. The predicted octanol–water partition coefficient (Wildman–Crippen LogP) is 2.79. The minimum atomic E-state index is -0.628. The van der Waals surface area contributed by atoms with Gasteiger partial charge in [-0.1, -0.05) is 6.07 Å². The van der Waals surface area contributed by atoms with Gasteiger partial charge in [-0.15, -0.1) is 0 Å². The molecule has 29 heavy (non-hydrogen) atoms. The summed E-state index contributed by atoms with van der Waals surface area (Å²) in [7, 11) is 3.07. The second-order valence-corrected chi connectivity index (χ2v) is 6.84. The van der Waals surface area contributed by atoms with E-state index in [0.717, 1.165) is 5.56 Å². The lowest BCUT2D eigenvalue weighted by molar-refractivity contribution is -0.147. The highest BCUT2D eigenvalue weighted by atomic mass is 16.5. The molecular formula is C22H23NO6. The SMILES string of the molecule is COc1ccc(C(=O)COC(=O)[C@@H]2CC(=O)N(c3cc(C)ccc3OC)C2)cc1. The Morgan fingerprint density at radius 2 is 1.79 bits per heavy atom. The van der Waals surface area contributed by atoms with E-state index in [-0.39, 0.29) is 31.3 Å². The molecule has 1 heterocycles. The van der Waals surface area contributed by atoms with Crippen LogP contribution in [0.4, 0.5) is 5.69 Å². The minimum Gasteiger partial charge on any atom is -0.497 e. The summed E-state index contributed by atoms with van der Waals surface area (Å²) in [6, 6.07) is 12.1. The first-order valence-electron chi connectivity index (χ1n) is 9.22. The predicted molar refractivity (Wildman–Crippen MR) is 106 cm³/mol. The van der Waals surface area contributed by atoms with Crippen LogP contribution in [-0.4, -0.2) is 45.0 Å². The summed E-state index contributed by atoms with van der Waals surface area (Å²) in [4.78, 5) is 38.6. The molecule has 2 aromatic rings. The van der Waals surface area contributed by atoms with Crippen molar-refractivity contribution in [2.24, 2.45) is 5.92 Å². The number of aryl methyl sites for hydroxylation is 1. The second kappa shape index (κ2) is 8.77. The van der Waals surface area contributed by atoms with E-state index in [1.165, 1.54) is 19.1 Å². The molecule has 0 N–H and O–H groups in total. The number of ether oxygens (including phenoxy) is 3. The number of benzene rings is 2. The van der Waals surface area contributed by atoms with Gasteiger partial charge in [0.1, 0.15) is 11.5 Å². The van der Waals surface area contributed by atoms with E-state index < -0.39 is 11.9 Å². The molecule has 0 spiro atoms. The van der Waals surface area contributed by atoms with Crippen LogP contribution >= 0.6 is 0 Å². The Hall–Kier alpha value is -3.35. The first-order chi connectivity index (χ1) is 13.9. The van der Waals surface area contributed by atoms with E-state index in [2.05, 4.69) is 0 Å². The normalized spacial score (nSPS) is 15.9. The fourth-order valence-corrected chi connectivity index (χ4v) is 3.22. The molecule has 1 aliphatic rings. The zero-order chi connectivity index (χ0) is 21.0. The van der Waals surface area contributed by atoms with Gasteiger partial charge in [-0.05, 0) is 48.9 Å². The fraction of sp³-hybridized carbons (Fsp3) is 0.318. The molecule has 0 saturated carbocycles. The molecule has 0 bridgehead atoms. The van der Waals surface area contributed by atoms with Crippen molar-refractivity contribution in [3.63, 3.8) is 0 Å². The molecule has 1 fully saturated rings. The topological polar surface area (TPSA) is 82.1 Å². The highest BCUT2D eigenvalue weighted by Crippen LogP contribution is 2.34. The Labute approximate surface area is 169 Å². The summed E-state index contributed by atoms with van der Waals surface area (Å²) in [6.45, 7) is 1.73. The van der Waals surface area contributed by atoms with Crippen LogP contribution in [0, 0.1) is 12.8 Å². The molecule has 1 amide bonds. The molecule has 1 atom stereocenters. The van der Waals surface area contributed by atoms with E-state index in [0.29, 0.717) is 22.7 Å². The maximum Gasteiger partial charge on any atom is 0.311 e. The molecule has 7 nitrogen and oxygen atoms in total. The number of hydrogen-bond donors (Lipinski definition) is 0. The lowest BCUT2D eigenvalue weighted by atomic mass is 10.1. The molecule has 7 heteroatoms. The molecule has 2 aromatic carbocycles. The van der Waals surface area contributed by atoms with Crippen molar-refractivity contribution in [1.29, 1.82) is 0 Å². The highest BCUT2D eigenvalue weighted by molar-refractivity contribution is 6.01. The summed E-state index contributed by atoms with van der Waals surface area (Å²) in [5, 5.41) is 0. The fourth-order valence-electron chi connectivity index (χ4n) is 3.22. The third-order valence-corrected chi connectivity index (χ3v) is 4.84. The molecule has 3 rings (SSSR count). The van der Waals surface area contributed by atoms with Gasteiger partial charge in [-0.3, -0.25) is 14.4 Å². The maximum absolute atomic E-state index is 12.5. The summed E-state index contributed by atoms with van der Waals surface area (Å²) in [5.74, 6) is -0.493. The van der Waals surface area contributed by atoms with Crippen LogP contribution < -0.4 is 14.4 Å². The number of ketones is 1. The van der Waals surface area contributed by atoms with Crippen LogP contribution in [0.15, 0.2) is 42.5 Å². The van der Waals surface area contributed by atoms with Crippen LogP contribution in [0.1, 0.15) is 22.3 Å². The zero-order valence-corrected chi connectivity index (χ0v) is 16.6. The van der Waals surface area contributed by atoms with Crippen molar-refractivity contribution in [2.75, 3.05) is 32.3 Å². The Morgan fingerprint density at radius 1 is 1.07 bits per heavy atom. The highest BCUT2D eigenvalue weighted by Gasteiger charge is 2.37. The molecule has 1 aliphatic heterocycles. The molecular weight excluding hydrogens is 374 g/mol. The molecule has 0 radical (unpaired) electrons. The number of nitrogens with zero attached hydrogens (tertiary/aromatic N) is 1. The first-order valence-corrected chi connectivity index (χ1v) is 9.22. The van der Waals surface area contributed by atoms with Gasteiger partial charge in [0.15, 0.2) is 12.4 Å². The summed E-state index contributed by atoms with van der Waals surface area (Å²) in [6.07, 6.45) is 0.0344. The summed E-state index contributed by atoms with van der Waals surface area (Å²) in [5.41, 5.74) is 2.03. The van der Waals surface area contributed by atoms with E-state index in [1.54, 1.807) is 30.3 Å². The molecule has 0 unspecified atom stereocenters. The summed E-state index contributed by atoms with van der Waals surface area (Å²) >= 11 is 0. The van der Waals surface area contributed by atoms with Gasteiger partial charge in [-0.2, -0.15) is 0 Å². The van der Waals surface area contributed by atoms with Crippen molar-refractivity contribution in [3.8, 4) is 11.5 Å². The average molecular weight is 397 g/mol. The van der Waals surface area contributed by atoms with E-state index >= 15 is 0 Å². The van der Waals surface area contributed by atoms with Crippen molar-refractivity contribution in [3.05, 3.63) is 53.6 Å². The minimum absolute atomic E-state index is 0.0344. The Morgan fingerprint density at radius 3 is 2.45 bits per heavy atom. The van der Waals surface area contributed by atoms with Crippen molar-refractivity contribution in [2.45, 2.75) is 13.3 Å². The lowest BCUT2D eigenvalue weighted by Crippen LogP contribution is -2.27. The Kier molecular flexibility index (Phi) is 6.16. The Balaban J connectivity index is 1.61. The number of esters is 1. The van der Waals surface area contributed by atoms with Crippen molar-refractivity contribution < 1.29 is 28.6 Å².